The predicted molar refractivity (Wildman–Crippen MR) is 108 cm³/mol. The lowest BCUT2D eigenvalue weighted by molar-refractivity contribution is -0.129. The van der Waals surface area contributed by atoms with E-state index in [4.69, 9.17) is 19.4 Å². The third-order valence-electron chi connectivity index (χ3n) is 6.33. The lowest BCUT2D eigenvalue weighted by Crippen LogP contribution is -2.30. The number of carbonyl (C=O) groups excluding carboxylic acids is 1. The van der Waals surface area contributed by atoms with Gasteiger partial charge in [0.15, 0.2) is 0 Å². The fraction of sp³-hybridized carbons (Fsp3) is 0.955. The zero-order chi connectivity index (χ0) is 20.2. The van der Waals surface area contributed by atoms with Crippen molar-refractivity contribution in [2.24, 2.45) is 11.8 Å². The number of hydrogen-bond donors (Lipinski definition) is 2. The van der Waals surface area contributed by atoms with Crippen molar-refractivity contribution < 1.29 is 24.2 Å². The van der Waals surface area contributed by atoms with E-state index in [1.54, 1.807) is 5.48 Å². The number of ether oxygens (including phenoxy) is 3. The van der Waals surface area contributed by atoms with Crippen molar-refractivity contribution in [3.63, 3.8) is 0 Å². The zero-order valence-electron chi connectivity index (χ0n) is 17.9. The van der Waals surface area contributed by atoms with Crippen molar-refractivity contribution in [2.75, 3.05) is 19.8 Å². The van der Waals surface area contributed by atoms with Crippen molar-refractivity contribution in [1.29, 1.82) is 0 Å². The van der Waals surface area contributed by atoms with Crippen LogP contribution in [0.5, 0.6) is 0 Å². The lowest BCUT2D eigenvalue weighted by Gasteiger charge is -2.28. The standard InChI is InChI=1S/C22H41NO5/c1-3-4-5-6-7-14-26-15-12-18-19(21-10-9-20(18)28-21)13-16-27-17(2)8-11-22(24)23-25/h17-21,25H,3-16H2,1-2H3,(H,23,24). The van der Waals surface area contributed by atoms with Gasteiger partial charge in [-0.3, -0.25) is 10.0 Å². The number of carbonyl (C=O) groups is 1. The molecule has 164 valence electrons. The summed E-state index contributed by atoms with van der Waals surface area (Å²) >= 11 is 0. The highest BCUT2D eigenvalue weighted by molar-refractivity contribution is 5.74. The molecule has 2 bridgehead atoms. The first-order valence-electron chi connectivity index (χ1n) is 11.4. The van der Waals surface area contributed by atoms with Crippen molar-refractivity contribution in [3.05, 3.63) is 0 Å². The molecule has 0 aromatic rings. The molecule has 2 rings (SSSR count). The Morgan fingerprint density at radius 2 is 1.75 bits per heavy atom. The van der Waals surface area contributed by atoms with Crippen LogP contribution in [0, 0.1) is 11.8 Å². The van der Waals surface area contributed by atoms with Crippen LogP contribution in [-0.2, 0) is 19.0 Å². The Morgan fingerprint density at radius 1 is 1.07 bits per heavy atom. The fourth-order valence-electron chi connectivity index (χ4n) is 4.68. The first-order valence-corrected chi connectivity index (χ1v) is 11.4. The average molecular weight is 400 g/mol. The zero-order valence-corrected chi connectivity index (χ0v) is 17.9. The van der Waals surface area contributed by atoms with Gasteiger partial charge in [-0.1, -0.05) is 32.6 Å². The monoisotopic (exact) mass is 399 g/mol. The summed E-state index contributed by atoms with van der Waals surface area (Å²) in [5.41, 5.74) is 1.66. The Hall–Kier alpha value is -0.690. The molecule has 2 fully saturated rings. The molecule has 2 heterocycles. The van der Waals surface area contributed by atoms with Crippen LogP contribution in [0.25, 0.3) is 0 Å². The van der Waals surface area contributed by atoms with Crippen LogP contribution in [0.4, 0.5) is 0 Å². The second kappa shape index (κ2) is 13.5. The molecule has 0 radical (unpaired) electrons. The number of nitrogens with one attached hydrogen (secondary N) is 1. The van der Waals surface area contributed by atoms with E-state index < -0.39 is 0 Å². The summed E-state index contributed by atoms with van der Waals surface area (Å²) in [6, 6.07) is 0. The Labute approximate surface area is 170 Å². The lowest BCUT2D eigenvalue weighted by atomic mass is 9.76. The smallest absolute Gasteiger partial charge is 0.243 e. The Balaban J connectivity index is 1.59. The van der Waals surface area contributed by atoms with E-state index in [1.807, 2.05) is 6.92 Å². The van der Waals surface area contributed by atoms with E-state index in [1.165, 1.54) is 44.9 Å². The van der Waals surface area contributed by atoms with Gasteiger partial charge in [0.1, 0.15) is 0 Å². The van der Waals surface area contributed by atoms with Crippen LogP contribution in [0.2, 0.25) is 0 Å². The molecule has 0 aromatic carbocycles. The fourth-order valence-corrected chi connectivity index (χ4v) is 4.68. The molecule has 2 N–H and O–H groups in total. The maximum atomic E-state index is 11.1. The van der Waals surface area contributed by atoms with Gasteiger partial charge >= 0.3 is 0 Å². The van der Waals surface area contributed by atoms with Crippen LogP contribution in [0.3, 0.4) is 0 Å². The molecule has 0 saturated carbocycles. The molecule has 6 heteroatoms. The van der Waals surface area contributed by atoms with E-state index in [0.717, 1.165) is 26.1 Å². The van der Waals surface area contributed by atoms with Crippen LogP contribution in [-0.4, -0.2) is 49.2 Å². The highest BCUT2D eigenvalue weighted by atomic mass is 16.5. The summed E-state index contributed by atoms with van der Waals surface area (Å²) in [5.74, 6) is 0.806. The molecule has 1 amide bonds. The molecule has 0 spiro atoms. The van der Waals surface area contributed by atoms with Gasteiger partial charge in [0.05, 0.1) is 18.3 Å². The van der Waals surface area contributed by atoms with E-state index in [2.05, 4.69) is 6.92 Å². The maximum absolute atomic E-state index is 11.1. The summed E-state index contributed by atoms with van der Waals surface area (Å²) in [5, 5.41) is 8.55. The van der Waals surface area contributed by atoms with Gasteiger partial charge < -0.3 is 14.2 Å². The van der Waals surface area contributed by atoms with Gasteiger partial charge in [0, 0.05) is 26.2 Å². The molecule has 5 atom stereocenters. The number of rotatable bonds is 16. The Morgan fingerprint density at radius 3 is 2.43 bits per heavy atom. The number of amides is 1. The van der Waals surface area contributed by atoms with Gasteiger partial charge in [-0.25, -0.2) is 5.48 Å². The summed E-state index contributed by atoms with van der Waals surface area (Å²) < 4.78 is 18.0. The van der Waals surface area contributed by atoms with E-state index in [-0.39, 0.29) is 18.4 Å². The van der Waals surface area contributed by atoms with Gasteiger partial charge in [-0.2, -0.15) is 0 Å². The van der Waals surface area contributed by atoms with Crippen LogP contribution >= 0.6 is 0 Å². The van der Waals surface area contributed by atoms with Gasteiger partial charge in [-0.15, -0.1) is 0 Å². The minimum Gasteiger partial charge on any atom is -0.381 e. The molecule has 0 aromatic heterocycles. The number of hydrogen-bond acceptors (Lipinski definition) is 5. The molecule has 0 aliphatic carbocycles. The highest BCUT2D eigenvalue weighted by Gasteiger charge is 2.47. The number of fused-ring (bicyclic) bond motifs is 2. The first-order chi connectivity index (χ1) is 13.7. The van der Waals surface area contributed by atoms with Crippen molar-refractivity contribution in [3.8, 4) is 0 Å². The number of hydroxylamine groups is 1. The summed E-state index contributed by atoms with van der Waals surface area (Å²) in [6.07, 6.45) is 12.6. The molecule has 5 unspecified atom stereocenters. The normalized spacial score (nSPS) is 27.2. The quantitative estimate of drug-likeness (QED) is 0.231. The third-order valence-corrected chi connectivity index (χ3v) is 6.33. The van der Waals surface area contributed by atoms with E-state index >= 15 is 0 Å². The van der Waals surface area contributed by atoms with Gasteiger partial charge in [0.2, 0.25) is 5.91 Å². The molecule has 2 saturated heterocycles. The molecule has 2 aliphatic rings. The van der Waals surface area contributed by atoms with E-state index in [9.17, 15) is 4.79 Å². The van der Waals surface area contributed by atoms with Gasteiger partial charge in [0.25, 0.3) is 0 Å². The van der Waals surface area contributed by atoms with E-state index in [0.29, 0.717) is 37.1 Å². The molecule has 6 nitrogen and oxygen atoms in total. The van der Waals surface area contributed by atoms with Crippen molar-refractivity contribution >= 4 is 5.91 Å². The van der Waals surface area contributed by atoms with Crippen LogP contribution < -0.4 is 5.48 Å². The number of unbranched alkanes of at least 4 members (excludes halogenated alkanes) is 4. The summed E-state index contributed by atoms with van der Waals surface area (Å²) in [4.78, 5) is 11.1. The van der Waals surface area contributed by atoms with Crippen LogP contribution in [0.15, 0.2) is 0 Å². The highest BCUT2D eigenvalue weighted by Crippen LogP contribution is 2.46. The first kappa shape index (κ1) is 23.6. The molecular formula is C22H41NO5. The largest absolute Gasteiger partial charge is 0.381 e. The topological polar surface area (TPSA) is 77.0 Å². The minimum atomic E-state index is -0.359. The third kappa shape index (κ3) is 7.97. The second-order valence-corrected chi connectivity index (χ2v) is 8.48. The Kier molecular flexibility index (Phi) is 11.4. The molecular weight excluding hydrogens is 358 g/mol. The molecule has 28 heavy (non-hydrogen) atoms. The summed E-state index contributed by atoms with van der Waals surface area (Å²) in [7, 11) is 0. The SMILES string of the molecule is CCCCCCCOCCC1C2CCC(O2)C1CCOC(C)CCC(=O)NO. The Bertz CT molecular complexity index is 433. The molecule has 2 aliphatic heterocycles. The average Bonchev–Trinajstić information content (AvgIpc) is 3.30. The minimum absolute atomic E-state index is 0.0197. The summed E-state index contributed by atoms with van der Waals surface area (Å²) in [6.45, 7) is 6.65. The second-order valence-electron chi connectivity index (χ2n) is 8.48. The maximum Gasteiger partial charge on any atom is 0.243 e. The van der Waals surface area contributed by atoms with Gasteiger partial charge in [-0.05, 0) is 57.3 Å². The van der Waals surface area contributed by atoms with Crippen molar-refractivity contribution in [2.45, 2.75) is 103 Å². The van der Waals surface area contributed by atoms with Crippen LogP contribution in [0.1, 0.15) is 84.5 Å². The predicted octanol–water partition coefficient (Wildman–Crippen LogP) is 4.24. The van der Waals surface area contributed by atoms with Crippen molar-refractivity contribution in [1.82, 2.24) is 5.48 Å².